The number of rotatable bonds is 38. The highest BCUT2D eigenvalue weighted by Gasteiger charge is 2.28. The number of unbranched alkanes of at least 4 members (excludes halogenated alkanes) is 12. The number of hydrogen-bond donors (Lipinski definition) is 4. The number of aliphatic hydroxyl groups is 1. The van der Waals surface area contributed by atoms with Gasteiger partial charge in [0.15, 0.2) is 6.04 Å². The first-order valence-electron chi connectivity index (χ1n) is 21.0. The van der Waals surface area contributed by atoms with Gasteiger partial charge >= 0.3 is 19.8 Å². The molecule has 0 aliphatic heterocycles. The number of phosphoric ester groups is 1. The standard InChI is InChI=1S/C44H74NO10P/c1-3-5-7-9-11-13-14-15-16-17-18-19-20-21-22-23-24-25-26-28-29-31-33-35-42(47)45-41(44(49)50)39-55-56(51,52)54-38-40(46)37-53-43(48)36-34-32-30-27-12-10-8-6-4-2/h5,7,11,13,15-16,18-19,21-22,24-25,40-41,46H,3-4,6,8-10,12,14,17,20,23,26-39H2,1-2H3,(H,45,47)(H,49,50)(H,51,52)/b7-5-,13-11-,16-15-,19-18-,22-21-,25-24-. The van der Waals surface area contributed by atoms with Gasteiger partial charge in [0.2, 0.25) is 5.91 Å². The SMILES string of the molecule is CC/C=C\C/C=C\C/C=C\C/C=C\C/C=C\C/C=C\CCCCCCC(=O)NC(COP(=O)(O)OCC(O)COC(=O)CCCCCCCCCCC)C(=O)O. The zero-order valence-corrected chi connectivity index (χ0v) is 35.3. The van der Waals surface area contributed by atoms with Gasteiger partial charge in [-0.3, -0.25) is 18.6 Å². The van der Waals surface area contributed by atoms with E-state index in [2.05, 4.69) is 92.1 Å². The Kier molecular flexibility index (Phi) is 36.6. The molecule has 0 aromatic carbocycles. The Labute approximate surface area is 338 Å². The summed E-state index contributed by atoms with van der Waals surface area (Å²) in [5, 5.41) is 21.7. The van der Waals surface area contributed by atoms with Crippen molar-refractivity contribution < 1.29 is 47.8 Å². The van der Waals surface area contributed by atoms with Gasteiger partial charge in [-0.05, 0) is 64.2 Å². The number of carboxylic acids is 1. The molecule has 0 aromatic rings. The van der Waals surface area contributed by atoms with E-state index in [9.17, 15) is 34.1 Å². The Bertz CT molecular complexity index is 1230. The van der Waals surface area contributed by atoms with Crippen LogP contribution in [0.15, 0.2) is 72.9 Å². The van der Waals surface area contributed by atoms with Crippen molar-refractivity contribution in [1.82, 2.24) is 5.32 Å². The van der Waals surface area contributed by atoms with Gasteiger partial charge in [-0.2, -0.15) is 0 Å². The highest BCUT2D eigenvalue weighted by Crippen LogP contribution is 2.43. The zero-order valence-electron chi connectivity index (χ0n) is 34.4. The fourth-order valence-electron chi connectivity index (χ4n) is 5.26. The molecule has 56 heavy (non-hydrogen) atoms. The maximum atomic E-state index is 12.3. The van der Waals surface area contributed by atoms with E-state index in [1.165, 1.54) is 32.1 Å². The summed E-state index contributed by atoms with van der Waals surface area (Å²) in [6.07, 6.45) is 45.1. The number of carbonyl (C=O) groups excluding carboxylic acids is 2. The Balaban J connectivity index is 3.99. The van der Waals surface area contributed by atoms with Crippen LogP contribution in [-0.4, -0.2) is 64.9 Å². The maximum Gasteiger partial charge on any atom is 0.472 e. The second kappa shape index (κ2) is 38.8. The summed E-state index contributed by atoms with van der Waals surface area (Å²) in [5.41, 5.74) is 0. The third kappa shape index (κ3) is 37.8. The number of hydrogen-bond acceptors (Lipinski definition) is 8. The first-order valence-corrected chi connectivity index (χ1v) is 22.5. The molecule has 3 unspecified atom stereocenters. The van der Waals surface area contributed by atoms with Gasteiger partial charge in [0.05, 0.1) is 13.2 Å². The average Bonchev–Trinajstić information content (AvgIpc) is 3.17. The minimum absolute atomic E-state index is 0.112. The van der Waals surface area contributed by atoms with Crippen LogP contribution in [0, 0.1) is 0 Å². The van der Waals surface area contributed by atoms with Crippen LogP contribution >= 0.6 is 7.82 Å². The predicted octanol–water partition coefficient (Wildman–Crippen LogP) is 10.6. The minimum Gasteiger partial charge on any atom is -0.480 e. The molecule has 0 bridgehead atoms. The van der Waals surface area contributed by atoms with E-state index in [1.807, 2.05) is 0 Å². The van der Waals surface area contributed by atoms with Crippen molar-refractivity contribution in [2.45, 2.75) is 167 Å². The van der Waals surface area contributed by atoms with Crippen LogP contribution in [0.4, 0.5) is 0 Å². The molecule has 0 spiro atoms. The lowest BCUT2D eigenvalue weighted by Crippen LogP contribution is -2.43. The summed E-state index contributed by atoms with van der Waals surface area (Å²) in [7, 11) is -4.76. The number of amides is 1. The molecule has 0 aliphatic rings. The van der Waals surface area contributed by atoms with Crippen LogP contribution < -0.4 is 5.32 Å². The largest absolute Gasteiger partial charge is 0.480 e. The summed E-state index contributed by atoms with van der Waals surface area (Å²) in [6, 6.07) is -1.56. The van der Waals surface area contributed by atoms with E-state index >= 15 is 0 Å². The lowest BCUT2D eigenvalue weighted by Gasteiger charge is -2.18. The van der Waals surface area contributed by atoms with E-state index in [-0.39, 0.29) is 12.8 Å². The second-order valence-electron chi connectivity index (χ2n) is 13.8. The molecule has 0 aromatic heterocycles. The van der Waals surface area contributed by atoms with E-state index in [0.717, 1.165) is 83.5 Å². The van der Waals surface area contributed by atoms with Crippen LogP contribution in [0.5, 0.6) is 0 Å². The number of aliphatic hydroxyl groups excluding tert-OH is 1. The normalized spacial score (nSPS) is 14.5. The van der Waals surface area contributed by atoms with Crippen molar-refractivity contribution in [3.8, 4) is 0 Å². The van der Waals surface area contributed by atoms with Crippen LogP contribution in [0.25, 0.3) is 0 Å². The Hall–Kier alpha value is -3.08. The van der Waals surface area contributed by atoms with E-state index in [4.69, 9.17) is 13.8 Å². The number of aliphatic carboxylic acids is 1. The summed E-state index contributed by atoms with van der Waals surface area (Å²) in [6.45, 7) is 2.41. The first kappa shape index (κ1) is 52.9. The third-order valence-electron chi connectivity index (χ3n) is 8.51. The Morgan fingerprint density at radius 1 is 0.589 bits per heavy atom. The molecule has 0 radical (unpaired) electrons. The van der Waals surface area contributed by atoms with Gasteiger partial charge in [0.1, 0.15) is 12.7 Å². The highest BCUT2D eigenvalue weighted by atomic mass is 31.2. The fourth-order valence-corrected chi connectivity index (χ4v) is 6.03. The van der Waals surface area contributed by atoms with Crippen molar-refractivity contribution in [2.75, 3.05) is 19.8 Å². The van der Waals surface area contributed by atoms with Crippen molar-refractivity contribution in [2.24, 2.45) is 0 Å². The lowest BCUT2D eigenvalue weighted by molar-refractivity contribution is -0.147. The number of carboxylic acid groups (broad SMARTS) is 1. The maximum absolute atomic E-state index is 12.3. The summed E-state index contributed by atoms with van der Waals surface area (Å²) < 4.78 is 26.7. The van der Waals surface area contributed by atoms with Crippen LogP contribution in [0.2, 0.25) is 0 Å². The molecule has 0 fully saturated rings. The van der Waals surface area contributed by atoms with Crippen molar-refractivity contribution >= 4 is 25.7 Å². The molecule has 320 valence electrons. The quantitative estimate of drug-likeness (QED) is 0.0204. The Morgan fingerprint density at radius 3 is 1.55 bits per heavy atom. The topological polar surface area (TPSA) is 169 Å². The van der Waals surface area contributed by atoms with Gasteiger partial charge in [0.25, 0.3) is 0 Å². The fraction of sp³-hybridized carbons (Fsp3) is 0.659. The minimum atomic E-state index is -4.76. The molecule has 4 N–H and O–H groups in total. The molecule has 12 heteroatoms. The zero-order chi connectivity index (χ0) is 41.4. The first-order chi connectivity index (χ1) is 27.1. The van der Waals surface area contributed by atoms with E-state index < -0.39 is 57.6 Å². The second-order valence-corrected chi connectivity index (χ2v) is 15.3. The average molecular weight is 808 g/mol. The molecule has 1 amide bonds. The van der Waals surface area contributed by atoms with Crippen LogP contribution in [0.3, 0.4) is 0 Å². The molecule has 0 rings (SSSR count). The number of ether oxygens (including phenoxy) is 1. The summed E-state index contributed by atoms with van der Waals surface area (Å²) in [5.74, 6) is -2.42. The lowest BCUT2D eigenvalue weighted by atomic mass is 10.1. The smallest absolute Gasteiger partial charge is 0.472 e. The molecule has 0 aliphatic carbocycles. The third-order valence-corrected chi connectivity index (χ3v) is 9.46. The number of nitrogens with one attached hydrogen (secondary N) is 1. The van der Waals surface area contributed by atoms with Crippen molar-refractivity contribution in [3.05, 3.63) is 72.9 Å². The monoisotopic (exact) mass is 808 g/mol. The molecular formula is C44H74NO10P. The van der Waals surface area contributed by atoms with Gasteiger partial charge < -0.3 is 25.2 Å². The molecule has 0 saturated heterocycles. The van der Waals surface area contributed by atoms with E-state index in [1.54, 1.807) is 0 Å². The van der Waals surface area contributed by atoms with Crippen LogP contribution in [-0.2, 0) is 32.7 Å². The van der Waals surface area contributed by atoms with E-state index in [0.29, 0.717) is 12.8 Å². The van der Waals surface area contributed by atoms with Gasteiger partial charge in [0, 0.05) is 12.8 Å². The Morgan fingerprint density at radius 2 is 1.04 bits per heavy atom. The number of phosphoric acid groups is 1. The molecule has 0 saturated carbocycles. The van der Waals surface area contributed by atoms with Crippen molar-refractivity contribution in [1.29, 1.82) is 0 Å². The predicted molar refractivity (Wildman–Crippen MR) is 226 cm³/mol. The molecule has 0 heterocycles. The van der Waals surface area contributed by atoms with Crippen LogP contribution in [0.1, 0.15) is 155 Å². The van der Waals surface area contributed by atoms with Gasteiger partial charge in [-0.25, -0.2) is 9.36 Å². The number of esters is 1. The molecule has 11 nitrogen and oxygen atoms in total. The summed E-state index contributed by atoms with van der Waals surface area (Å²) in [4.78, 5) is 45.8. The number of carbonyl (C=O) groups is 3. The number of allylic oxidation sites excluding steroid dienone is 12. The van der Waals surface area contributed by atoms with Crippen molar-refractivity contribution in [3.63, 3.8) is 0 Å². The molecular weight excluding hydrogens is 733 g/mol. The molecule has 3 atom stereocenters. The highest BCUT2D eigenvalue weighted by molar-refractivity contribution is 7.47. The summed E-state index contributed by atoms with van der Waals surface area (Å²) >= 11 is 0. The van der Waals surface area contributed by atoms with Gasteiger partial charge in [-0.15, -0.1) is 0 Å². The van der Waals surface area contributed by atoms with Gasteiger partial charge in [-0.1, -0.05) is 151 Å².